The average Bonchev–Trinajstić information content (AvgIpc) is 3.18. The number of fused-ring (bicyclic) bond motifs is 1. The van der Waals surface area contributed by atoms with Gasteiger partial charge in [0.1, 0.15) is 0 Å². The van der Waals surface area contributed by atoms with Crippen LogP contribution in [0.2, 0.25) is 0 Å². The maximum atomic E-state index is 12.6. The van der Waals surface area contributed by atoms with Gasteiger partial charge in [-0.25, -0.2) is 4.98 Å². The van der Waals surface area contributed by atoms with E-state index in [4.69, 9.17) is 0 Å². The Morgan fingerprint density at radius 1 is 1.30 bits per heavy atom. The number of nitrogens with one attached hydrogen (secondary N) is 2. The quantitative estimate of drug-likeness (QED) is 0.729. The molecule has 0 aliphatic carbocycles. The molecule has 7 heteroatoms. The molecule has 138 valence electrons. The Bertz CT molecular complexity index is 1010. The summed E-state index contributed by atoms with van der Waals surface area (Å²) in [6.07, 6.45) is 0.765. The zero-order valence-electron chi connectivity index (χ0n) is 15.0. The van der Waals surface area contributed by atoms with E-state index < -0.39 is 0 Å². The van der Waals surface area contributed by atoms with Crippen molar-refractivity contribution in [1.29, 1.82) is 0 Å². The van der Waals surface area contributed by atoms with Gasteiger partial charge in [0.2, 0.25) is 5.91 Å². The minimum atomic E-state index is -0.0796. The molecule has 1 amide bonds. The monoisotopic (exact) mass is 380 g/mol. The van der Waals surface area contributed by atoms with E-state index in [1.165, 1.54) is 6.92 Å². The normalized spacial score (nSPS) is 14.0. The van der Waals surface area contributed by atoms with Crippen LogP contribution >= 0.6 is 11.3 Å². The molecule has 0 saturated heterocycles. The third-order valence-electron chi connectivity index (χ3n) is 4.58. The number of H-pyrrole nitrogens is 1. The predicted octanol–water partition coefficient (Wildman–Crippen LogP) is 3.02. The van der Waals surface area contributed by atoms with E-state index in [0.29, 0.717) is 12.4 Å². The first-order valence-electron chi connectivity index (χ1n) is 8.83. The molecule has 0 bridgehead atoms. The van der Waals surface area contributed by atoms with Crippen molar-refractivity contribution in [2.75, 3.05) is 11.9 Å². The standard InChI is InChI=1S/C20H20N4O2S/c1-13(25)21-15-6-4-14(5-7-15)11-24-9-8-17-16(12-24)20(26)23-19(22-17)18-3-2-10-27-18/h2-7,10H,8-9,11-12H2,1H3,(H,21,25)(H,22,23,26). The molecule has 0 atom stereocenters. The molecule has 27 heavy (non-hydrogen) atoms. The van der Waals surface area contributed by atoms with E-state index in [0.717, 1.165) is 46.9 Å². The van der Waals surface area contributed by atoms with E-state index in [1.807, 2.05) is 41.8 Å². The van der Waals surface area contributed by atoms with E-state index in [1.54, 1.807) is 11.3 Å². The molecule has 0 spiro atoms. The Morgan fingerprint density at radius 3 is 2.81 bits per heavy atom. The van der Waals surface area contributed by atoms with Gasteiger partial charge in [-0.3, -0.25) is 14.5 Å². The number of amides is 1. The van der Waals surface area contributed by atoms with Crippen molar-refractivity contribution >= 4 is 22.9 Å². The molecule has 3 heterocycles. The number of hydrogen-bond donors (Lipinski definition) is 2. The van der Waals surface area contributed by atoms with E-state index in [9.17, 15) is 9.59 Å². The first kappa shape index (κ1) is 17.6. The van der Waals surface area contributed by atoms with Gasteiger partial charge in [-0.15, -0.1) is 11.3 Å². The molecule has 4 rings (SSSR count). The Kier molecular flexibility index (Phi) is 4.87. The fourth-order valence-corrected chi connectivity index (χ4v) is 3.97. The molecule has 2 aromatic heterocycles. The van der Waals surface area contributed by atoms with Crippen LogP contribution in [0, 0.1) is 0 Å². The molecule has 0 radical (unpaired) electrons. The second-order valence-corrected chi connectivity index (χ2v) is 7.60. The minimum Gasteiger partial charge on any atom is -0.326 e. The zero-order valence-corrected chi connectivity index (χ0v) is 15.8. The summed E-state index contributed by atoms with van der Waals surface area (Å²) < 4.78 is 0. The Morgan fingerprint density at radius 2 is 2.11 bits per heavy atom. The summed E-state index contributed by atoms with van der Waals surface area (Å²) in [5.41, 5.74) is 3.55. The SMILES string of the molecule is CC(=O)Nc1ccc(CN2CCc3nc(-c4cccs4)[nH]c(=O)c3C2)cc1. The van der Waals surface area contributed by atoms with E-state index in [2.05, 4.69) is 20.2 Å². The zero-order chi connectivity index (χ0) is 18.8. The highest BCUT2D eigenvalue weighted by Gasteiger charge is 2.21. The van der Waals surface area contributed by atoms with Gasteiger partial charge in [0.15, 0.2) is 5.82 Å². The number of thiophene rings is 1. The Labute approximate surface area is 160 Å². The topological polar surface area (TPSA) is 78.1 Å². The number of carbonyl (C=O) groups excluding carboxylic acids is 1. The van der Waals surface area contributed by atoms with Crippen LogP contribution in [-0.4, -0.2) is 27.3 Å². The van der Waals surface area contributed by atoms with Crippen molar-refractivity contribution in [2.45, 2.75) is 26.4 Å². The molecule has 2 N–H and O–H groups in total. The van der Waals surface area contributed by atoms with Crippen LogP contribution in [0.25, 0.3) is 10.7 Å². The highest BCUT2D eigenvalue weighted by atomic mass is 32.1. The van der Waals surface area contributed by atoms with E-state index >= 15 is 0 Å². The third-order valence-corrected chi connectivity index (χ3v) is 5.46. The number of aromatic nitrogens is 2. The lowest BCUT2D eigenvalue weighted by molar-refractivity contribution is -0.114. The number of nitrogens with zero attached hydrogens (tertiary/aromatic N) is 2. The molecule has 0 saturated carbocycles. The van der Waals surface area contributed by atoms with Crippen molar-refractivity contribution in [1.82, 2.24) is 14.9 Å². The van der Waals surface area contributed by atoms with Crippen molar-refractivity contribution in [2.24, 2.45) is 0 Å². The number of hydrogen-bond acceptors (Lipinski definition) is 5. The highest BCUT2D eigenvalue weighted by Crippen LogP contribution is 2.23. The van der Waals surface area contributed by atoms with Gasteiger partial charge in [0, 0.05) is 38.7 Å². The first-order chi connectivity index (χ1) is 13.1. The van der Waals surface area contributed by atoms with Crippen LogP contribution in [0.15, 0.2) is 46.6 Å². The minimum absolute atomic E-state index is 0.0471. The van der Waals surface area contributed by atoms with Crippen LogP contribution < -0.4 is 10.9 Å². The van der Waals surface area contributed by atoms with Crippen LogP contribution in [0.5, 0.6) is 0 Å². The van der Waals surface area contributed by atoms with Crippen molar-refractivity contribution in [3.05, 3.63) is 69.0 Å². The van der Waals surface area contributed by atoms with Crippen molar-refractivity contribution in [3.8, 4) is 10.7 Å². The van der Waals surface area contributed by atoms with Crippen LogP contribution in [0.1, 0.15) is 23.7 Å². The fourth-order valence-electron chi connectivity index (χ4n) is 3.30. The van der Waals surface area contributed by atoms with Gasteiger partial charge in [0.25, 0.3) is 5.56 Å². The van der Waals surface area contributed by atoms with Crippen LogP contribution in [0.4, 0.5) is 5.69 Å². The second-order valence-electron chi connectivity index (χ2n) is 6.66. The maximum Gasteiger partial charge on any atom is 0.255 e. The van der Waals surface area contributed by atoms with Gasteiger partial charge in [-0.2, -0.15) is 0 Å². The largest absolute Gasteiger partial charge is 0.326 e. The van der Waals surface area contributed by atoms with Crippen molar-refractivity contribution < 1.29 is 4.79 Å². The number of aromatic amines is 1. The molecule has 1 aliphatic rings. The fraction of sp³-hybridized carbons (Fsp3) is 0.250. The highest BCUT2D eigenvalue weighted by molar-refractivity contribution is 7.13. The van der Waals surface area contributed by atoms with Gasteiger partial charge in [-0.1, -0.05) is 18.2 Å². The molecular weight excluding hydrogens is 360 g/mol. The lowest BCUT2D eigenvalue weighted by Gasteiger charge is -2.27. The number of benzene rings is 1. The lowest BCUT2D eigenvalue weighted by Crippen LogP contribution is -2.35. The average molecular weight is 380 g/mol. The number of anilines is 1. The third kappa shape index (κ3) is 3.99. The maximum absolute atomic E-state index is 12.6. The number of carbonyl (C=O) groups is 1. The van der Waals surface area contributed by atoms with Gasteiger partial charge >= 0.3 is 0 Å². The molecule has 0 fully saturated rings. The summed E-state index contributed by atoms with van der Waals surface area (Å²) in [6.45, 7) is 3.71. The van der Waals surface area contributed by atoms with E-state index in [-0.39, 0.29) is 11.5 Å². The van der Waals surface area contributed by atoms with Gasteiger partial charge in [-0.05, 0) is 29.1 Å². The molecule has 1 aromatic carbocycles. The summed E-state index contributed by atoms with van der Waals surface area (Å²) in [5, 5.41) is 4.75. The van der Waals surface area contributed by atoms with Crippen molar-refractivity contribution in [3.63, 3.8) is 0 Å². The van der Waals surface area contributed by atoms with Crippen LogP contribution in [-0.2, 0) is 24.3 Å². The Balaban J connectivity index is 1.48. The number of rotatable bonds is 4. The summed E-state index contributed by atoms with van der Waals surface area (Å²) in [4.78, 5) is 34.5. The first-order valence-corrected chi connectivity index (χ1v) is 9.71. The second kappa shape index (κ2) is 7.46. The lowest BCUT2D eigenvalue weighted by atomic mass is 10.1. The molecule has 1 aliphatic heterocycles. The van der Waals surface area contributed by atoms with Gasteiger partial charge in [0.05, 0.1) is 16.1 Å². The molecule has 0 unspecified atom stereocenters. The molecular formula is C20H20N4O2S. The smallest absolute Gasteiger partial charge is 0.255 e. The summed E-state index contributed by atoms with van der Waals surface area (Å²) in [7, 11) is 0. The van der Waals surface area contributed by atoms with Gasteiger partial charge < -0.3 is 10.3 Å². The molecule has 6 nitrogen and oxygen atoms in total. The van der Waals surface area contributed by atoms with Crippen LogP contribution in [0.3, 0.4) is 0 Å². The summed E-state index contributed by atoms with van der Waals surface area (Å²) >= 11 is 1.57. The Hall–Kier alpha value is -2.77. The summed E-state index contributed by atoms with van der Waals surface area (Å²) in [6, 6.07) is 11.7. The molecule has 3 aromatic rings. The predicted molar refractivity (Wildman–Crippen MR) is 107 cm³/mol. The summed E-state index contributed by atoms with van der Waals surface area (Å²) in [5.74, 6) is 0.583.